The molecule has 4 nitrogen and oxygen atoms in total. The Kier molecular flexibility index (Phi) is 7.70. The maximum Gasteiger partial charge on any atom is 0.156 e. The van der Waals surface area contributed by atoms with Crippen LogP contribution in [-0.2, 0) is 9.47 Å². The number of rotatable bonds is 8. The lowest BCUT2D eigenvalue weighted by molar-refractivity contribution is 0.0689. The highest BCUT2D eigenvalue weighted by atomic mass is 32.2. The Labute approximate surface area is 115 Å². The number of nitrogens with one attached hydrogen (secondary N) is 1. The summed E-state index contributed by atoms with van der Waals surface area (Å²) in [6.07, 6.45) is 2.20. The van der Waals surface area contributed by atoms with E-state index in [0.29, 0.717) is 18.6 Å². The number of thioether (sulfide) groups is 1. The predicted octanol–water partition coefficient (Wildman–Crippen LogP) is 2.15. The quantitative estimate of drug-likeness (QED) is 0.689. The molecule has 0 bridgehead atoms. The van der Waals surface area contributed by atoms with Crippen molar-refractivity contribution in [2.24, 2.45) is 10.4 Å². The van der Waals surface area contributed by atoms with Gasteiger partial charge in [0, 0.05) is 32.6 Å². The number of hydrogen-bond acceptors (Lipinski definition) is 5. The summed E-state index contributed by atoms with van der Waals surface area (Å²) in [5.41, 5.74) is 0.352. The van der Waals surface area contributed by atoms with Crippen molar-refractivity contribution in [3.8, 4) is 0 Å². The number of ether oxygens (including phenoxy) is 2. The average molecular weight is 274 g/mol. The third kappa shape index (κ3) is 7.24. The lowest BCUT2D eigenvalue weighted by Gasteiger charge is -2.27. The van der Waals surface area contributed by atoms with Gasteiger partial charge in [0.15, 0.2) is 5.17 Å². The van der Waals surface area contributed by atoms with Crippen LogP contribution < -0.4 is 5.32 Å². The molecule has 0 unspecified atom stereocenters. The van der Waals surface area contributed by atoms with Crippen LogP contribution in [0.3, 0.4) is 0 Å². The molecule has 0 radical (unpaired) electrons. The van der Waals surface area contributed by atoms with Gasteiger partial charge >= 0.3 is 0 Å². The van der Waals surface area contributed by atoms with Gasteiger partial charge in [0.25, 0.3) is 0 Å². The van der Waals surface area contributed by atoms with Crippen molar-refractivity contribution in [3.05, 3.63) is 0 Å². The molecule has 0 aromatic carbocycles. The first-order valence-electron chi connectivity index (χ1n) is 6.62. The standard InChI is InChI=1S/C13H26N2O2S/c1-13(2)10-15-12(18-11-13)14-6-4-5-7-17-9-8-16-3/h4-11H2,1-3H3,(H,14,15). The van der Waals surface area contributed by atoms with Gasteiger partial charge in [-0.05, 0) is 18.3 Å². The molecule has 18 heavy (non-hydrogen) atoms. The zero-order valence-electron chi connectivity index (χ0n) is 11.8. The van der Waals surface area contributed by atoms with E-state index >= 15 is 0 Å². The van der Waals surface area contributed by atoms with Gasteiger partial charge in [-0.3, -0.25) is 4.99 Å². The fourth-order valence-corrected chi connectivity index (χ4v) is 2.50. The lowest BCUT2D eigenvalue weighted by Crippen LogP contribution is -2.31. The number of nitrogens with zero attached hydrogens (tertiary/aromatic N) is 1. The molecule has 1 aliphatic rings. The van der Waals surface area contributed by atoms with E-state index in [1.165, 1.54) is 0 Å². The molecule has 0 amide bonds. The molecule has 0 atom stereocenters. The summed E-state index contributed by atoms with van der Waals surface area (Å²) in [5.74, 6) is 1.15. The van der Waals surface area contributed by atoms with Crippen LogP contribution in [0.5, 0.6) is 0 Å². The molecule has 1 rings (SSSR count). The van der Waals surface area contributed by atoms with Crippen LogP contribution in [-0.4, -0.2) is 50.9 Å². The zero-order chi connectivity index (χ0) is 13.3. The van der Waals surface area contributed by atoms with E-state index < -0.39 is 0 Å². The normalized spacial score (nSPS) is 18.5. The Hall–Kier alpha value is -0.260. The summed E-state index contributed by atoms with van der Waals surface area (Å²) in [6.45, 7) is 8.64. The van der Waals surface area contributed by atoms with Crippen LogP contribution in [0, 0.1) is 5.41 Å². The smallest absolute Gasteiger partial charge is 0.156 e. The largest absolute Gasteiger partial charge is 0.382 e. The third-order valence-electron chi connectivity index (χ3n) is 2.67. The summed E-state index contributed by atoms with van der Waals surface area (Å²) in [5, 5.41) is 4.50. The Balaban J connectivity index is 1.94. The highest BCUT2D eigenvalue weighted by molar-refractivity contribution is 8.13. The number of unbranched alkanes of at least 4 members (excludes halogenated alkanes) is 1. The molecule has 106 valence electrons. The van der Waals surface area contributed by atoms with Crippen molar-refractivity contribution in [1.29, 1.82) is 0 Å². The van der Waals surface area contributed by atoms with Crippen molar-refractivity contribution in [3.63, 3.8) is 0 Å². The van der Waals surface area contributed by atoms with Crippen molar-refractivity contribution >= 4 is 16.9 Å². The topological polar surface area (TPSA) is 42.9 Å². The van der Waals surface area contributed by atoms with E-state index in [1.54, 1.807) is 7.11 Å². The lowest BCUT2D eigenvalue weighted by atomic mass is 9.97. The molecule has 0 spiro atoms. The third-order valence-corrected chi connectivity index (χ3v) is 4.15. The molecule has 0 saturated heterocycles. The Bertz CT molecular complexity index is 257. The molecular weight excluding hydrogens is 248 g/mol. The van der Waals surface area contributed by atoms with E-state index in [9.17, 15) is 0 Å². The van der Waals surface area contributed by atoms with E-state index in [-0.39, 0.29) is 0 Å². The molecule has 0 aromatic rings. The second kappa shape index (κ2) is 8.77. The Morgan fingerprint density at radius 3 is 2.78 bits per heavy atom. The van der Waals surface area contributed by atoms with Crippen LogP contribution in [0.1, 0.15) is 26.7 Å². The molecule has 0 aromatic heterocycles. The van der Waals surface area contributed by atoms with Crippen LogP contribution in [0.15, 0.2) is 4.99 Å². The predicted molar refractivity (Wildman–Crippen MR) is 78.5 cm³/mol. The van der Waals surface area contributed by atoms with Gasteiger partial charge in [0.05, 0.1) is 13.2 Å². The van der Waals surface area contributed by atoms with E-state index in [4.69, 9.17) is 9.47 Å². The second-order valence-electron chi connectivity index (χ2n) is 5.31. The molecule has 1 heterocycles. The van der Waals surface area contributed by atoms with Gasteiger partial charge in [0.1, 0.15) is 0 Å². The van der Waals surface area contributed by atoms with Gasteiger partial charge in [-0.2, -0.15) is 0 Å². The number of aliphatic imine (C=N–C) groups is 1. The van der Waals surface area contributed by atoms with Crippen LogP contribution >= 0.6 is 11.8 Å². The van der Waals surface area contributed by atoms with E-state index in [0.717, 1.165) is 43.5 Å². The summed E-state index contributed by atoms with van der Waals surface area (Å²) < 4.78 is 10.3. The maximum absolute atomic E-state index is 5.41. The van der Waals surface area contributed by atoms with Crippen molar-refractivity contribution in [1.82, 2.24) is 5.32 Å². The first-order valence-corrected chi connectivity index (χ1v) is 7.60. The minimum atomic E-state index is 0.352. The molecule has 0 aliphatic carbocycles. The molecular formula is C13H26N2O2S. The zero-order valence-corrected chi connectivity index (χ0v) is 12.6. The minimum Gasteiger partial charge on any atom is -0.382 e. The van der Waals surface area contributed by atoms with Gasteiger partial charge in [-0.25, -0.2) is 0 Å². The molecule has 0 saturated carbocycles. The van der Waals surface area contributed by atoms with Crippen molar-refractivity contribution in [2.75, 3.05) is 45.8 Å². The minimum absolute atomic E-state index is 0.352. The fraction of sp³-hybridized carbons (Fsp3) is 0.923. The molecule has 5 heteroatoms. The van der Waals surface area contributed by atoms with Crippen LogP contribution in [0.25, 0.3) is 0 Å². The first-order chi connectivity index (χ1) is 8.64. The summed E-state index contributed by atoms with van der Waals surface area (Å²) >= 11 is 1.84. The molecule has 1 aliphatic heterocycles. The number of methoxy groups -OCH3 is 1. The van der Waals surface area contributed by atoms with Gasteiger partial charge in [0.2, 0.25) is 0 Å². The summed E-state index contributed by atoms with van der Waals surface area (Å²) in [7, 11) is 1.69. The Morgan fingerprint density at radius 2 is 2.11 bits per heavy atom. The van der Waals surface area contributed by atoms with Crippen molar-refractivity contribution < 1.29 is 9.47 Å². The van der Waals surface area contributed by atoms with E-state index in [2.05, 4.69) is 24.2 Å². The second-order valence-corrected chi connectivity index (χ2v) is 6.28. The fourth-order valence-electron chi connectivity index (χ4n) is 1.52. The van der Waals surface area contributed by atoms with Crippen molar-refractivity contribution in [2.45, 2.75) is 26.7 Å². The van der Waals surface area contributed by atoms with Gasteiger partial charge < -0.3 is 14.8 Å². The summed E-state index contributed by atoms with van der Waals surface area (Å²) in [4.78, 5) is 4.56. The monoisotopic (exact) mass is 274 g/mol. The van der Waals surface area contributed by atoms with Crippen LogP contribution in [0.2, 0.25) is 0 Å². The van der Waals surface area contributed by atoms with Gasteiger partial charge in [-0.15, -0.1) is 0 Å². The summed E-state index contributed by atoms with van der Waals surface area (Å²) in [6, 6.07) is 0. The van der Waals surface area contributed by atoms with E-state index in [1.807, 2.05) is 11.8 Å². The number of amidine groups is 1. The first kappa shape index (κ1) is 15.8. The van der Waals surface area contributed by atoms with Crippen LogP contribution in [0.4, 0.5) is 0 Å². The highest BCUT2D eigenvalue weighted by Crippen LogP contribution is 2.26. The molecule has 1 N–H and O–H groups in total. The Morgan fingerprint density at radius 1 is 1.28 bits per heavy atom. The molecule has 0 fully saturated rings. The SMILES string of the molecule is COCCOCCCCNC1=NCC(C)(C)CS1. The maximum atomic E-state index is 5.41. The number of hydrogen-bond donors (Lipinski definition) is 1. The van der Waals surface area contributed by atoms with Gasteiger partial charge in [-0.1, -0.05) is 25.6 Å². The average Bonchev–Trinajstić information content (AvgIpc) is 2.34. The highest BCUT2D eigenvalue weighted by Gasteiger charge is 2.22.